The molecule has 4 heteroatoms. The summed E-state index contributed by atoms with van der Waals surface area (Å²) in [6.07, 6.45) is 4.76. The van der Waals surface area contributed by atoms with Gasteiger partial charge in [-0.2, -0.15) is 0 Å². The molecule has 4 nitrogen and oxygen atoms in total. The Morgan fingerprint density at radius 1 is 1.12 bits per heavy atom. The van der Waals surface area contributed by atoms with Crippen LogP contribution in [-0.2, 0) is 17.8 Å². The Balaban J connectivity index is 1.30. The van der Waals surface area contributed by atoms with Crippen LogP contribution in [0.2, 0.25) is 0 Å². The lowest BCUT2D eigenvalue weighted by molar-refractivity contribution is -0.133. The zero-order chi connectivity index (χ0) is 17.9. The molecule has 2 heterocycles. The first-order chi connectivity index (χ1) is 12.7. The fourth-order valence-corrected chi connectivity index (χ4v) is 4.25. The minimum absolute atomic E-state index is 0.320. The number of piperazine rings is 1. The van der Waals surface area contributed by atoms with Crippen molar-refractivity contribution >= 4 is 5.91 Å². The molecule has 1 amide bonds. The van der Waals surface area contributed by atoms with Crippen molar-refractivity contribution in [3.63, 3.8) is 0 Å². The van der Waals surface area contributed by atoms with Crippen molar-refractivity contribution in [1.82, 2.24) is 14.8 Å². The normalized spacial score (nSPS) is 20.2. The molecule has 136 valence electrons. The van der Waals surface area contributed by atoms with Crippen LogP contribution >= 0.6 is 0 Å². The number of fused-ring (bicyclic) bond motifs is 1. The molecule has 1 aromatic carbocycles. The van der Waals surface area contributed by atoms with Gasteiger partial charge in [-0.05, 0) is 48.4 Å². The Morgan fingerprint density at radius 2 is 1.92 bits per heavy atom. The number of nitrogens with zero attached hydrogens (tertiary/aromatic N) is 3. The molecule has 2 aliphatic rings. The first kappa shape index (κ1) is 17.2. The van der Waals surface area contributed by atoms with Gasteiger partial charge >= 0.3 is 0 Å². The maximum Gasteiger partial charge on any atom is 0.223 e. The lowest BCUT2D eigenvalue weighted by Crippen LogP contribution is -2.48. The van der Waals surface area contributed by atoms with E-state index in [0.717, 1.165) is 51.3 Å². The largest absolute Gasteiger partial charge is 0.340 e. The van der Waals surface area contributed by atoms with Crippen LogP contribution < -0.4 is 0 Å². The summed E-state index contributed by atoms with van der Waals surface area (Å²) in [6.45, 7) is 6.52. The summed E-state index contributed by atoms with van der Waals surface area (Å²) in [4.78, 5) is 21.7. The number of benzene rings is 1. The van der Waals surface area contributed by atoms with Gasteiger partial charge in [-0.15, -0.1) is 0 Å². The smallest absolute Gasteiger partial charge is 0.223 e. The van der Waals surface area contributed by atoms with Gasteiger partial charge in [-0.1, -0.05) is 30.3 Å². The van der Waals surface area contributed by atoms with Crippen LogP contribution in [0.4, 0.5) is 0 Å². The molecule has 0 unspecified atom stereocenters. The van der Waals surface area contributed by atoms with Gasteiger partial charge in [-0.3, -0.25) is 14.7 Å². The SMILES string of the molecule is Cc1cccnc1CN1CCN(C(=O)C[C@@H]2CCc3ccccc32)CC1. The maximum absolute atomic E-state index is 12.8. The van der Waals surface area contributed by atoms with Crippen molar-refractivity contribution in [2.45, 2.75) is 38.6 Å². The molecular formula is C22H27N3O. The summed E-state index contributed by atoms with van der Waals surface area (Å²) in [5.41, 5.74) is 5.21. The van der Waals surface area contributed by atoms with Crippen LogP contribution in [0.1, 0.15) is 41.1 Å². The van der Waals surface area contributed by atoms with E-state index in [1.54, 1.807) is 0 Å². The van der Waals surface area contributed by atoms with Crippen molar-refractivity contribution in [3.05, 3.63) is 65.0 Å². The molecule has 0 bridgehead atoms. The quantitative estimate of drug-likeness (QED) is 0.851. The van der Waals surface area contributed by atoms with Gasteiger partial charge < -0.3 is 4.90 Å². The van der Waals surface area contributed by atoms with Gasteiger partial charge in [0.05, 0.1) is 5.69 Å². The molecule has 1 atom stereocenters. The number of carbonyl (C=O) groups excluding carboxylic acids is 1. The highest BCUT2D eigenvalue weighted by atomic mass is 16.2. The zero-order valence-electron chi connectivity index (χ0n) is 15.5. The monoisotopic (exact) mass is 349 g/mol. The van der Waals surface area contributed by atoms with E-state index in [1.165, 1.54) is 16.7 Å². The van der Waals surface area contributed by atoms with E-state index in [1.807, 2.05) is 12.3 Å². The van der Waals surface area contributed by atoms with E-state index < -0.39 is 0 Å². The molecule has 1 fully saturated rings. The van der Waals surface area contributed by atoms with E-state index in [-0.39, 0.29) is 0 Å². The lowest BCUT2D eigenvalue weighted by atomic mass is 9.97. The van der Waals surface area contributed by atoms with E-state index >= 15 is 0 Å². The summed E-state index contributed by atoms with van der Waals surface area (Å²) >= 11 is 0. The van der Waals surface area contributed by atoms with Gasteiger partial charge in [0, 0.05) is 45.3 Å². The molecule has 0 N–H and O–H groups in total. The average molecular weight is 349 g/mol. The second-order valence-electron chi connectivity index (χ2n) is 7.56. The van der Waals surface area contributed by atoms with E-state index in [2.05, 4.69) is 52.0 Å². The van der Waals surface area contributed by atoms with E-state index in [0.29, 0.717) is 18.2 Å². The van der Waals surface area contributed by atoms with Crippen LogP contribution in [0.25, 0.3) is 0 Å². The fraction of sp³-hybridized carbons (Fsp3) is 0.455. The molecule has 26 heavy (non-hydrogen) atoms. The highest BCUT2D eigenvalue weighted by Gasteiger charge is 2.28. The molecule has 1 aliphatic heterocycles. The molecule has 0 saturated carbocycles. The van der Waals surface area contributed by atoms with Crippen molar-refractivity contribution < 1.29 is 4.79 Å². The highest BCUT2D eigenvalue weighted by molar-refractivity contribution is 5.77. The van der Waals surface area contributed by atoms with Crippen molar-refractivity contribution in [2.24, 2.45) is 0 Å². The predicted octanol–water partition coefficient (Wildman–Crippen LogP) is 3.15. The summed E-state index contributed by atoms with van der Waals surface area (Å²) in [5, 5.41) is 0. The van der Waals surface area contributed by atoms with Crippen molar-refractivity contribution in [2.75, 3.05) is 26.2 Å². The number of pyridine rings is 1. The van der Waals surface area contributed by atoms with Crippen LogP contribution in [0, 0.1) is 6.92 Å². The fourth-order valence-electron chi connectivity index (χ4n) is 4.25. The molecule has 1 aromatic heterocycles. The molecule has 1 saturated heterocycles. The standard InChI is InChI=1S/C22H27N3O/c1-17-5-4-10-23-21(17)16-24-11-13-25(14-12-24)22(26)15-19-9-8-18-6-2-3-7-20(18)19/h2-7,10,19H,8-9,11-16H2,1H3/t19-/m0/s1. The lowest BCUT2D eigenvalue weighted by Gasteiger charge is -2.35. The average Bonchev–Trinajstić information content (AvgIpc) is 3.07. The Labute approximate surface area is 155 Å². The maximum atomic E-state index is 12.8. The van der Waals surface area contributed by atoms with Crippen molar-refractivity contribution in [3.8, 4) is 0 Å². The molecule has 0 spiro atoms. The first-order valence-electron chi connectivity index (χ1n) is 9.69. The Kier molecular flexibility index (Phi) is 5.02. The Morgan fingerprint density at radius 3 is 2.73 bits per heavy atom. The number of hydrogen-bond acceptors (Lipinski definition) is 3. The van der Waals surface area contributed by atoms with E-state index in [4.69, 9.17) is 0 Å². The third-order valence-corrected chi connectivity index (χ3v) is 5.89. The van der Waals surface area contributed by atoms with Crippen LogP contribution in [0.5, 0.6) is 0 Å². The zero-order valence-corrected chi connectivity index (χ0v) is 15.5. The number of hydrogen-bond donors (Lipinski definition) is 0. The van der Waals surface area contributed by atoms with Crippen LogP contribution in [-0.4, -0.2) is 46.9 Å². The van der Waals surface area contributed by atoms with E-state index in [9.17, 15) is 4.79 Å². The van der Waals surface area contributed by atoms with Gasteiger partial charge in [0.1, 0.15) is 0 Å². The highest BCUT2D eigenvalue weighted by Crippen LogP contribution is 2.35. The van der Waals surface area contributed by atoms with Gasteiger partial charge in [0.15, 0.2) is 0 Å². The molecule has 4 rings (SSSR count). The van der Waals surface area contributed by atoms with Crippen molar-refractivity contribution in [1.29, 1.82) is 0 Å². The topological polar surface area (TPSA) is 36.4 Å². The van der Waals surface area contributed by atoms with Gasteiger partial charge in [0.25, 0.3) is 0 Å². The van der Waals surface area contributed by atoms with Gasteiger partial charge in [0.2, 0.25) is 5.91 Å². The summed E-state index contributed by atoms with van der Waals surface area (Å²) < 4.78 is 0. The summed E-state index contributed by atoms with van der Waals surface area (Å²) in [5.74, 6) is 0.730. The number of amides is 1. The Bertz CT molecular complexity index is 780. The minimum atomic E-state index is 0.320. The third kappa shape index (κ3) is 3.65. The number of aryl methyl sites for hydroxylation is 2. The molecule has 1 aliphatic carbocycles. The van der Waals surface area contributed by atoms with Crippen LogP contribution in [0.3, 0.4) is 0 Å². The van der Waals surface area contributed by atoms with Crippen LogP contribution in [0.15, 0.2) is 42.6 Å². The second kappa shape index (κ2) is 7.58. The minimum Gasteiger partial charge on any atom is -0.340 e. The number of rotatable bonds is 4. The summed E-state index contributed by atoms with van der Waals surface area (Å²) in [7, 11) is 0. The number of carbonyl (C=O) groups is 1. The second-order valence-corrected chi connectivity index (χ2v) is 7.56. The molecular weight excluding hydrogens is 322 g/mol. The third-order valence-electron chi connectivity index (χ3n) is 5.89. The Hall–Kier alpha value is -2.20. The summed E-state index contributed by atoms with van der Waals surface area (Å²) in [6, 6.07) is 12.7. The van der Waals surface area contributed by atoms with Gasteiger partial charge in [-0.25, -0.2) is 0 Å². The first-order valence-corrected chi connectivity index (χ1v) is 9.69. The molecule has 0 radical (unpaired) electrons. The predicted molar refractivity (Wildman–Crippen MR) is 103 cm³/mol. The number of aromatic nitrogens is 1. The molecule has 2 aromatic rings.